The van der Waals surface area contributed by atoms with Gasteiger partial charge in [0.1, 0.15) is 5.82 Å². The number of anilines is 1. The lowest BCUT2D eigenvalue weighted by Gasteiger charge is -2.08. The lowest BCUT2D eigenvalue weighted by Crippen LogP contribution is -1.94. The van der Waals surface area contributed by atoms with E-state index in [-0.39, 0.29) is 5.82 Å². The van der Waals surface area contributed by atoms with Crippen LogP contribution in [0, 0.1) is 5.82 Å². The van der Waals surface area contributed by atoms with E-state index in [0.717, 1.165) is 23.2 Å². The van der Waals surface area contributed by atoms with Gasteiger partial charge in [0.2, 0.25) is 0 Å². The highest BCUT2D eigenvalue weighted by Crippen LogP contribution is 2.32. The van der Waals surface area contributed by atoms with Gasteiger partial charge < -0.3 is 5.32 Å². The number of hydrogen-bond acceptors (Lipinski definition) is 1. The predicted molar refractivity (Wildman–Crippen MR) is 57.0 cm³/mol. The summed E-state index contributed by atoms with van der Waals surface area (Å²) in [6, 6.07) is 3.67. The molecule has 0 unspecified atom stereocenters. The van der Waals surface area contributed by atoms with Crippen molar-refractivity contribution in [3.05, 3.63) is 41.4 Å². The Balaban J connectivity index is 2.51. The van der Waals surface area contributed by atoms with Gasteiger partial charge in [-0.15, -0.1) is 0 Å². The number of allylic oxidation sites excluding steroid dienone is 1. The molecule has 0 fully saturated rings. The number of fused-ring (bicyclic) bond motifs is 1. The van der Waals surface area contributed by atoms with Crippen molar-refractivity contribution < 1.29 is 4.39 Å². The lowest BCUT2D eigenvalue weighted by molar-refractivity contribution is 0.627. The van der Waals surface area contributed by atoms with Crippen LogP contribution >= 0.6 is 0 Å². The Hall–Kier alpha value is -1.31. The highest BCUT2D eigenvalue weighted by atomic mass is 19.1. The van der Waals surface area contributed by atoms with Crippen molar-refractivity contribution in [2.75, 3.05) is 5.32 Å². The molecule has 0 spiro atoms. The molecule has 1 aromatic carbocycles. The lowest BCUT2D eigenvalue weighted by atomic mass is 9.99. The summed E-state index contributed by atoms with van der Waals surface area (Å²) in [5.41, 5.74) is 3.57. The molecule has 0 aromatic heterocycles. The molecule has 0 aliphatic carbocycles. The minimum absolute atomic E-state index is 0.162. The topological polar surface area (TPSA) is 12.0 Å². The van der Waals surface area contributed by atoms with Gasteiger partial charge in [-0.3, -0.25) is 0 Å². The van der Waals surface area contributed by atoms with Gasteiger partial charge in [0.25, 0.3) is 0 Å². The summed E-state index contributed by atoms with van der Waals surface area (Å²) in [4.78, 5) is 0. The fourth-order valence-electron chi connectivity index (χ4n) is 1.75. The number of rotatable bonds is 1. The molecule has 1 aliphatic heterocycles. The molecule has 1 aromatic rings. The van der Waals surface area contributed by atoms with Crippen LogP contribution in [0.25, 0.3) is 0 Å². The summed E-state index contributed by atoms with van der Waals surface area (Å²) in [5.74, 6) is 0.202. The number of halogens is 1. The van der Waals surface area contributed by atoms with Gasteiger partial charge in [-0.05, 0) is 23.1 Å². The quantitative estimate of drug-likeness (QED) is 0.717. The van der Waals surface area contributed by atoms with Gasteiger partial charge in [0.15, 0.2) is 0 Å². The van der Waals surface area contributed by atoms with E-state index in [0.29, 0.717) is 11.6 Å². The van der Waals surface area contributed by atoms with E-state index in [1.165, 1.54) is 0 Å². The van der Waals surface area contributed by atoms with E-state index in [9.17, 15) is 4.39 Å². The molecule has 0 radical (unpaired) electrons. The number of nitrogens with one attached hydrogen (secondary N) is 1. The van der Waals surface area contributed by atoms with Crippen LogP contribution in [0.5, 0.6) is 0 Å². The third-order valence-electron chi connectivity index (χ3n) is 2.57. The molecule has 0 bridgehead atoms. The molecule has 1 aliphatic rings. The van der Waals surface area contributed by atoms with Crippen LogP contribution in [-0.2, 0) is 6.42 Å². The van der Waals surface area contributed by atoms with Gasteiger partial charge in [-0.25, -0.2) is 4.39 Å². The van der Waals surface area contributed by atoms with Crippen LogP contribution < -0.4 is 5.32 Å². The first-order valence-electron chi connectivity index (χ1n) is 4.85. The zero-order valence-electron chi connectivity index (χ0n) is 8.52. The highest BCUT2D eigenvalue weighted by Gasteiger charge is 2.18. The summed E-state index contributed by atoms with van der Waals surface area (Å²) in [6.07, 6.45) is 0.743. The summed E-state index contributed by atoms with van der Waals surface area (Å²) in [5, 5.41) is 2.96. The minimum Gasteiger partial charge on any atom is -0.357 e. The largest absolute Gasteiger partial charge is 0.357 e. The first-order valence-corrected chi connectivity index (χ1v) is 4.85. The Bertz CT molecular complexity index is 394. The molecule has 0 amide bonds. The monoisotopic (exact) mass is 191 g/mol. The first kappa shape index (κ1) is 9.25. The van der Waals surface area contributed by atoms with Gasteiger partial charge in [0.05, 0.1) is 5.69 Å². The van der Waals surface area contributed by atoms with Crippen LogP contribution in [0.4, 0.5) is 10.1 Å². The van der Waals surface area contributed by atoms with Crippen molar-refractivity contribution in [3.8, 4) is 0 Å². The molecule has 2 rings (SSSR count). The van der Waals surface area contributed by atoms with E-state index in [4.69, 9.17) is 0 Å². The molecule has 0 saturated heterocycles. The predicted octanol–water partition coefficient (Wildman–Crippen LogP) is 3.43. The molecule has 74 valence electrons. The van der Waals surface area contributed by atoms with Crippen molar-refractivity contribution in [1.82, 2.24) is 0 Å². The van der Waals surface area contributed by atoms with Gasteiger partial charge in [-0.2, -0.15) is 0 Å². The zero-order chi connectivity index (χ0) is 10.3. The Morgan fingerprint density at radius 3 is 2.79 bits per heavy atom. The van der Waals surface area contributed by atoms with E-state index in [1.54, 1.807) is 6.07 Å². The van der Waals surface area contributed by atoms with E-state index >= 15 is 0 Å². The van der Waals surface area contributed by atoms with Gasteiger partial charge >= 0.3 is 0 Å². The highest BCUT2D eigenvalue weighted by molar-refractivity contribution is 5.63. The zero-order valence-corrected chi connectivity index (χ0v) is 8.52. The number of hydrogen-bond donors (Lipinski definition) is 1. The maximum absolute atomic E-state index is 13.6. The average molecular weight is 191 g/mol. The van der Waals surface area contributed by atoms with Gasteiger partial charge in [-0.1, -0.05) is 26.5 Å². The Morgan fingerprint density at radius 2 is 2.14 bits per heavy atom. The van der Waals surface area contributed by atoms with Crippen molar-refractivity contribution in [1.29, 1.82) is 0 Å². The smallest absolute Gasteiger partial charge is 0.147 e. The van der Waals surface area contributed by atoms with Crippen molar-refractivity contribution >= 4 is 5.69 Å². The molecule has 2 heteroatoms. The van der Waals surface area contributed by atoms with Crippen LogP contribution in [0.15, 0.2) is 24.4 Å². The number of benzene rings is 1. The third kappa shape index (κ3) is 1.41. The summed E-state index contributed by atoms with van der Waals surface area (Å²) < 4.78 is 13.6. The molecule has 0 atom stereocenters. The van der Waals surface area contributed by atoms with Crippen molar-refractivity contribution in [2.24, 2.45) is 0 Å². The fraction of sp³-hybridized carbons (Fsp3) is 0.333. The summed E-state index contributed by atoms with van der Waals surface area (Å²) in [7, 11) is 0. The van der Waals surface area contributed by atoms with E-state index in [2.05, 4.69) is 31.8 Å². The Morgan fingerprint density at radius 1 is 1.43 bits per heavy atom. The Kier molecular flexibility index (Phi) is 2.06. The Labute approximate surface area is 83.6 Å². The van der Waals surface area contributed by atoms with Crippen LogP contribution in [0.2, 0.25) is 0 Å². The fourth-order valence-corrected chi connectivity index (χ4v) is 1.75. The SMILES string of the molecule is C=C1Cc2cc(C(C)C)cc(F)c2N1. The molecular formula is C12H14FN. The van der Waals surface area contributed by atoms with E-state index < -0.39 is 0 Å². The van der Waals surface area contributed by atoms with Crippen molar-refractivity contribution in [2.45, 2.75) is 26.2 Å². The molecule has 1 N–H and O–H groups in total. The summed E-state index contributed by atoms with van der Waals surface area (Å²) in [6.45, 7) is 7.94. The second-order valence-corrected chi connectivity index (χ2v) is 4.10. The van der Waals surface area contributed by atoms with Crippen LogP contribution in [0.3, 0.4) is 0 Å². The van der Waals surface area contributed by atoms with Gasteiger partial charge in [0, 0.05) is 12.1 Å². The third-order valence-corrected chi connectivity index (χ3v) is 2.57. The second kappa shape index (κ2) is 3.12. The minimum atomic E-state index is -0.162. The van der Waals surface area contributed by atoms with Crippen molar-refractivity contribution in [3.63, 3.8) is 0 Å². The summed E-state index contributed by atoms with van der Waals surface area (Å²) >= 11 is 0. The molecular weight excluding hydrogens is 177 g/mol. The molecule has 1 heterocycles. The molecule has 14 heavy (non-hydrogen) atoms. The molecule has 1 nitrogen and oxygen atoms in total. The second-order valence-electron chi connectivity index (χ2n) is 4.10. The first-order chi connectivity index (χ1) is 6.58. The van der Waals surface area contributed by atoms with Crippen LogP contribution in [-0.4, -0.2) is 0 Å². The standard InChI is InChI=1S/C12H14FN/c1-7(2)9-5-10-4-8(3)14-12(10)11(13)6-9/h5-7,14H,3-4H2,1-2H3. The average Bonchev–Trinajstić information content (AvgIpc) is 2.45. The maximum Gasteiger partial charge on any atom is 0.147 e. The normalized spacial score (nSPS) is 14.4. The molecule has 0 saturated carbocycles. The maximum atomic E-state index is 13.6. The van der Waals surface area contributed by atoms with E-state index in [1.807, 2.05) is 0 Å². The van der Waals surface area contributed by atoms with Crippen LogP contribution in [0.1, 0.15) is 30.9 Å².